The molecule has 1 fully saturated rings. The van der Waals surface area contributed by atoms with E-state index in [1.165, 1.54) is 6.42 Å². The van der Waals surface area contributed by atoms with E-state index < -0.39 is 6.04 Å². The predicted octanol–water partition coefficient (Wildman–Crippen LogP) is 6.88. The van der Waals surface area contributed by atoms with Gasteiger partial charge in [-0.1, -0.05) is 89.3 Å². The lowest BCUT2D eigenvalue weighted by Gasteiger charge is -2.33. The Hall–Kier alpha value is -2.83. The first kappa shape index (κ1) is 28.2. The van der Waals surface area contributed by atoms with Crippen LogP contribution < -0.4 is 10.1 Å². The van der Waals surface area contributed by atoms with Crippen LogP contribution in [-0.2, 0) is 22.6 Å². The van der Waals surface area contributed by atoms with Crippen molar-refractivity contribution >= 4 is 39.3 Å². The lowest BCUT2D eigenvalue weighted by Crippen LogP contribution is -2.53. The summed E-state index contributed by atoms with van der Waals surface area (Å²) >= 11 is 9.68. The molecule has 4 rings (SSSR count). The Labute approximate surface area is 238 Å². The number of hydrogen-bond acceptors (Lipinski definition) is 3. The molecule has 1 aliphatic carbocycles. The van der Waals surface area contributed by atoms with E-state index in [9.17, 15) is 9.59 Å². The minimum Gasteiger partial charge on any atom is -0.484 e. The molecule has 0 unspecified atom stereocenters. The summed E-state index contributed by atoms with van der Waals surface area (Å²) in [5.41, 5.74) is 2.80. The van der Waals surface area contributed by atoms with Crippen LogP contribution in [-0.4, -0.2) is 35.4 Å². The van der Waals surface area contributed by atoms with Crippen molar-refractivity contribution in [2.45, 2.75) is 64.1 Å². The van der Waals surface area contributed by atoms with Gasteiger partial charge in [-0.15, -0.1) is 0 Å². The van der Waals surface area contributed by atoms with Gasteiger partial charge >= 0.3 is 0 Å². The molecule has 3 aromatic rings. The number of ether oxygens (including phenoxy) is 1. The Bertz CT molecular complexity index is 1230. The van der Waals surface area contributed by atoms with Crippen LogP contribution in [0.3, 0.4) is 0 Å². The summed E-state index contributed by atoms with van der Waals surface area (Å²) in [6.45, 7) is 2.00. The van der Waals surface area contributed by atoms with E-state index in [2.05, 4.69) is 21.2 Å². The topological polar surface area (TPSA) is 58.6 Å². The highest BCUT2D eigenvalue weighted by Gasteiger charge is 2.32. The summed E-state index contributed by atoms with van der Waals surface area (Å²) in [5, 5.41) is 3.90. The van der Waals surface area contributed by atoms with Crippen LogP contribution >= 0.6 is 27.5 Å². The predicted molar refractivity (Wildman–Crippen MR) is 155 cm³/mol. The first-order valence-corrected chi connectivity index (χ1v) is 14.3. The van der Waals surface area contributed by atoms with E-state index in [0.717, 1.165) is 46.8 Å². The van der Waals surface area contributed by atoms with Crippen LogP contribution in [0.4, 0.5) is 0 Å². The Kier molecular flexibility index (Phi) is 10.2. The smallest absolute Gasteiger partial charge is 0.261 e. The zero-order valence-corrected chi connectivity index (χ0v) is 24.0. The van der Waals surface area contributed by atoms with Crippen LogP contribution in [0.2, 0.25) is 5.02 Å². The van der Waals surface area contributed by atoms with E-state index in [0.29, 0.717) is 17.2 Å². The van der Waals surface area contributed by atoms with Gasteiger partial charge in [0.05, 0.1) is 0 Å². The maximum atomic E-state index is 13.8. The van der Waals surface area contributed by atoms with Crippen LogP contribution in [0.25, 0.3) is 0 Å². The Morgan fingerprint density at radius 1 is 1.00 bits per heavy atom. The Balaban J connectivity index is 1.61. The number of amides is 2. The molecule has 38 heavy (non-hydrogen) atoms. The second-order valence-corrected chi connectivity index (χ2v) is 11.2. The molecule has 0 saturated heterocycles. The molecular formula is C31H34BrClN2O3. The summed E-state index contributed by atoms with van der Waals surface area (Å²) in [7, 11) is 0. The quantitative estimate of drug-likeness (QED) is 0.277. The van der Waals surface area contributed by atoms with Crippen LogP contribution in [0.5, 0.6) is 5.75 Å². The van der Waals surface area contributed by atoms with Gasteiger partial charge in [0.15, 0.2) is 6.61 Å². The number of aryl methyl sites for hydroxylation is 1. The lowest BCUT2D eigenvalue weighted by atomic mass is 9.94. The fourth-order valence-electron chi connectivity index (χ4n) is 4.87. The summed E-state index contributed by atoms with van der Waals surface area (Å²) in [6, 6.07) is 22.5. The van der Waals surface area contributed by atoms with E-state index in [-0.39, 0.29) is 31.0 Å². The van der Waals surface area contributed by atoms with E-state index in [1.807, 2.05) is 67.6 Å². The minimum atomic E-state index is -0.679. The summed E-state index contributed by atoms with van der Waals surface area (Å²) < 4.78 is 6.80. The van der Waals surface area contributed by atoms with Gasteiger partial charge in [0.25, 0.3) is 5.91 Å². The third kappa shape index (κ3) is 8.08. The maximum Gasteiger partial charge on any atom is 0.261 e. The van der Waals surface area contributed by atoms with Crippen molar-refractivity contribution in [1.29, 1.82) is 0 Å². The highest BCUT2D eigenvalue weighted by Crippen LogP contribution is 2.23. The SMILES string of the molecule is Cc1cc(OCC(=O)N(Cc2cccc(Br)c2)[C@H](Cc2ccccc2)C(=O)NC2CCCCC2)ccc1Cl. The number of carbonyl (C=O) groups excluding carboxylic acids is 2. The molecular weight excluding hydrogens is 564 g/mol. The molecule has 0 radical (unpaired) electrons. The molecule has 2 amide bonds. The summed E-state index contributed by atoms with van der Waals surface area (Å²) in [6.07, 6.45) is 5.80. The standard InChI is InChI=1S/C31H34BrClN2O3/c1-22-17-27(15-16-28(22)33)38-21-30(36)35(20-24-11-8-12-25(32)18-24)29(19-23-9-4-2-5-10-23)31(37)34-26-13-6-3-7-14-26/h2,4-5,8-12,15-18,26,29H,3,6-7,13-14,19-21H2,1H3,(H,34,37)/t29-/m1/s1. The molecule has 0 aromatic heterocycles. The van der Waals surface area contributed by atoms with Crippen LogP contribution in [0, 0.1) is 6.92 Å². The van der Waals surface area contributed by atoms with Gasteiger partial charge in [-0.05, 0) is 66.8 Å². The van der Waals surface area contributed by atoms with Crippen molar-refractivity contribution in [1.82, 2.24) is 10.2 Å². The monoisotopic (exact) mass is 596 g/mol. The lowest BCUT2D eigenvalue weighted by molar-refractivity contribution is -0.143. The normalized spacial score (nSPS) is 14.5. The molecule has 0 heterocycles. The van der Waals surface area contributed by atoms with Gasteiger partial charge in [0, 0.05) is 28.5 Å². The number of nitrogens with zero attached hydrogens (tertiary/aromatic N) is 1. The highest BCUT2D eigenvalue weighted by atomic mass is 79.9. The Morgan fingerprint density at radius 3 is 2.45 bits per heavy atom. The van der Waals surface area contributed by atoms with E-state index in [4.69, 9.17) is 16.3 Å². The van der Waals surface area contributed by atoms with Gasteiger partial charge in [0.2, 0.25) is 5.91 Å². The van der Waals surface area contributed by atoms with Crippen molar-refractivity contribution in [3.63, 3.8) is 0 Å². The van der Waals surface area contributed by atoms with Crippen LogP contribution in [0.1, 0.15) is 48.8 Å². The third-order valence-corrected chi connectivity index (χ3v) is 7.87. The molecule has 1 aliphatic rings. The molecule has 1 atom stereocenters. The number of halogens is 2. The number of rotatable bonds is 10. The maximum absolute atomic E-state index is 13.8. The largest absolute Gasteiger partial charge is 0.484 e. The molecule has 7 heteroatoms. The highest BCUT2D eigenvalue weighted by molar-refractivity contribution is 9.10. The van der Waals surface area contributed by atoms with Gasteiger partial charge in [-0.2, -0.15) is 0 Å². The number of nitrogens with one attached hydrogen (secondary N) is 1. The molecule has 1 N–H and O–H groups in total. The third-order valence-electron chi connectivity index (χ3n) is 6.96. The molecule has 0 aliphatic heterocycles. The van der Waals surface area contributed by atoms with Crippen LogP contribution in [0.15, 0.2) is 77.3 Å². The number of hydrogen-bond donors (Lipinski definition) is 1. The average Bonchev–Trinajstić information content (AvgIpc) is 2.92. The first-order valence-electron chi connectivity index (χ1n) is 13.2. The van der Waals surface area contributed by atoms with Gasteiger partial charge in [-0.25, -0.2) is 0 Å². The van der Waals surface area contributed by atoms with Crippen molar-refractivity contribution < 1.29 is 14.3 Å². The zero-order chi connectivity index (χ0) is 26.9. The number of benzene rings is 3. The fraction of sp³-hybridized carbons (Fsp3) is 0.355. The fourth-order valence-corrected chi connectivity index (χ4v) is 5.43. The average molecular weight is 598 g/mol. The summed E-state index contributed by atoms with van der Waals surface area (Å²) in [4.78, 5) is 29.2. The first-order chi connectivity index (χ1) is 18.4. The minimum absolute atomic E-state index is 0.119. The van der Waals surface area contributed by atoms with Crippen molar-refractivity contribution in [3.05, 3.63) is 99.0 Å². The van der Waals surface area contributed by atoms with Crippen molar-refractivity contribution in [2.24, 2.45) is 0 Å². The molecule has 5 nitrogen and oxygen atoms in total. The number of carbonyl (C=O) groups is 2. The van der Waals surface area contributed by atoms with Gasteiger partial charge < -0.3 is 15.0 Å². The van der Waals surface area contributed by atoms with Gasteiger partial charge in [0.1, 0.15) is 11.8 Å². The molecule has 1 saturated carbocycles. The van der Waals surface area contributed by atoms with E-state index >= 15 is 0 Å². The Morgan fingerprint density at radius 2 is 1.74 bits per heavy atom. The second-order valence-electron chi connectivity index (χ2n) is 9.90. The molecule has 0 spiro atoms. The van der Waals surface area contributed by atoms with E-state index in [1.54, 1.807) is 17.0 Å². The van der Waals surface area contributed by atoms with Gasteiger partial charge in [-0.3, -0.25) is 9.59 Å². The molecule has 200 valence electrons. The summed E-state index contributed by atoms with van der Waals surface area (Å²) in [5.74, 6) is 0.192. The molecule has 3 aromatic carbocycles. The molecule has 0 bridgehead atoms. The second kappa shape index (κ2) is 13.8. The van der Waals surface area contributed by atoms with Crippen molar-refractivity contribution in [2.75, 3.05) is 6.61 Å². The zero-order valence-electron chi connectivity index (χ0n) is 21.7. The van der Waals surface area contributed by atoms with Crippen molar-refractivity contribution in [3.8, 4) is 5.75 Å².